The monoisotopic (exact) mass is 281 g/mol. The molecular formula is C18H35NO. The molecule has 1 rings (SSSR count). The van der Waals surface area contributed by atoms with Crippen molar-refractivity contribution >= 4 is 5.78 Å². The minimum absolute atomic E-state index is 0.157. The third-order valence-electron chi connectivity index (χ3n) is 5.32. The van der Waals surface area contributed by atoms with Gasteiger partial charge in [0.25, 0.3) is 0 Å². The van der Waals surface area contributed by atoms with Gasteiger partial charge in [-0.05, 0) is 32.9 Å². The van der Waals surface area contributed by atoms with Crippen LogP contribution in [0.3, 0.4) is 0 Å². The molecule has 1 fully saturated rings. The summed E-state index contributed by atoms with van der Waals surface area (Å²) in [6.07, 6.45) is 12.9. The molecule has 2 heteroatoms. The Morgan fingerprint density at radius 1 is 1.10 bits per heavy atom. The van der Waals surface area contributed by atoms with Gasteiger partial charge in [0.15, 0.2) is 5.78 Å². The maximum Gasteiger partial charge on any atom is 0.153 e. The van der Waals surface area contributed by atoms with Crippen molar-refractivity contribution in [1.29, 1.82) is 0 Å². The average molecular weight is 281 g/mol. The normalized spacial score (nSPS) is 20.6. The van der Waals surface area contributed by atoms with Crippen LogP contribution < -0.4 is 0 Å². The molecule has 0 amide bonds. The first kappa shape index (κ1) is 17.7. The molecular weight excluding hydrogens is 246 g/mol. The number of carbonyl (C=O) groups excluding carboxylic acids is 1. The van der Waals surface area contributed by atoms with Gasteiger partial charge >= 0.3 is 0 Å². The van der Waals surface area contributed by atoms with Gasteiger partial charge in [-0.25, -0.2) is 0 Å². The Bertz CT molecular complexity index is 277. The zero-order chi connectivity index (χ0) is 15.0. The SMILES string of the molecule is CCCCC(CC)CC(=O)C1(N(C)C)CCCCCC1. The fraction of sp³-hybridized carbons (Fsp3) is 0.944. The number of ketones is 1. The Balaban J connectivity index is 2.72. The van der Waals surface area contributed by atoms with Crippen LogP contribution in [0.15, 0.2) is 0 Å². The van der Waals surface area contributed by atoms with Crippen LogP contribution in [0.2, 0.25) is 0 Å². The molecule has 2 nitrogen and oxygen atoms in total. The molecule has 0 spiro atoms. The van der Waals surface area contributed by atoms with E-state index < -0.39 is 0 Å². The van der Waals surface area contributed by atoms with Crippen molar-refractivity contribution in [2.24, 2.45) is 5.92 Å². The van der Waals surface area contributed by atoms with E-state index in [0.29, 0.717) is 11.7 Å². The van der Waals surface area contributed by atoms with Crippen molar-refractivity contribution in [3.05, 3.63) is 0 Å². The molecule has 0 N–H and O–H groups in total. The second kappa shape index (κ2) is 8.81. The molecule has 0 bridgehead atoms. The summed E-state index contributed by atoms with van der Waals surface area (Å²) >= 11 is 0. The maximum atomic E-state index is 13.0. The molecule has 0 radical (unpaired) electrons. The van der Waals surface area contributed by atoms with Gasteiger partial charge in [-0.2, -0.15) is 0 Å². The molecule has 0 aliphatic heterocycles. The number of rotatable bonds is 8. The van der Waals surface area contributed by atoms with Gasteiger partial charge in [-0.3, -0.25) is 9.69 Å². The quantitative estimate of drug-likeness (QED) is 0.595. The second-order valence-electron chi connectivity index (χ2n) is 6.88. The van der Waals surface area contributed by atoms with E-state index in [2.05, 4.69) is 32.8 Å². The lowest BCUT2D eigenvalue weighted by Crippen LogP contribution is -2.51. The van der Waals surface area contributed by atoms with Crippen LogP contribution in [0, 0.1) is 5.92 Å². The van der Waals surface area contributed by atoms with E-state index in [1.165, 1.54) is 44.9 Å². The number of nitrogens with zero attached hydrogens (tertiary/aromatic N) is 1. The smallest absolute Gasteiger partial charge is 0.153 e. The van der Waals surface area contributed by atoms with E-state index in [1.807, 2.05) is 0 Å². The average Bonchev–Trinajstić information content (AvgIpc) is 2.69. The predicted molar refractivity (Wildman–Crippen MR) is 87.1 cm³/mol. The molecule has 118 valence electrons. The minimum atomic E-state index is -0.157. The van der Waals surface area contributed by atoms with Crippen LogP contribution in [-0.2, 0) is 4.79 Å². The molecule has 1 atom stereocenters. The van der Waals surface area contributed by atoms with Crippen molar-refractivity contribution in [3.63, 3.8) is 0 Å². The van der Waals surface area contributed by atoms with Gasteiger partial charge in [-0.15, -0.1) is 0 Å². The molecule has 1 aliphatic rings. The topological polar surface area (TPSA) is 20.3 Å². The summed E-state index contributed by atoms with van der Waals surface area (Å²) in [4.78, 5) is 15.2. The van der Waals surface area contributed by atoms with Crippen molar-refractivity contribution in [2.75, 3.05) is 14.1 Å². The van der Waals surface area contributed by atoms with Gasteiger partial charge in [0.1, 0.15) is 0 Å². The van der Waals surface area contributed by atoms with E-state index >= 15 is 0 Å². The van der Waals surface area contributed by atoms with Crippen LogP contribution in [-0.4, -0.2) is 30.3 Å². The van der Waals surface area contributed by atoms with Gasteiger partial charge in [0.05, 0.1) is 5.54 Å². The Kier molecular flexibility index (Phi) is 7.79. The highest BCUT2D eigenvalue weighted by Crippen LogP contribution is 2.34. The lowest BCUT2D eigenvalue weighted by Gasteiger charge is -2.39. The maximum absolute atomic E-state index is 13.0. The highest BCUT2D eigenvalue weighted by Gasteiger charge is 2.40. The Morgan fingerprint density at radius 3 is 2.15 bits per heavy atom. The van der Waals surface area contributed by atoms with E-state index in [-0.39, 0.29) is 5.54 Å². The Morgan fingerprint density at radius 2 is 1.70 bits per heavy atom. The minimum Gasteiger partial charge on any atom is -0.298 e. The zero-order valence-corrected chi connectivity index (χ0v) is 14.2. The molecule has 0 heterocycles. The first-order valence-electron chi connectivity index (χ1n) is 8.77. The highest BCUT2D eigenvalue weighted by atomic mass is 16.1. The zero-order valence-electron chi connectivity index (χ0n) is 14.2. The fourth-order valence-electron chi connectivity index (χ4n) is 3.68. The van der Waals surface area contributed by atoms with Crippen molar-refractivity contribution in [3.8, 4) is 0 Å². The van der Waals surface area contributed by atoms with Gasteiger partial charge in [0.2, 0.25) is 0 Å². The summed E-state index contributed by atoms with van der Waals surface area (Å²) in [5, 5.41) is 0. The summed E-state index contributed by atoms with van der Waals surface area (Å²) in [5.41, 5.74) is -0.157. The van der Waals surface area contributed by atoms with E-state index in [1.54, 1.807) is 0 Å². The molecule has 0 aromatic heterocycles. The lowest BCUT2D eigenvalue weighted by molar-refractivity contribution is -0.131. The number of unbranched alkanes of at least 4 members (excludes halogenated alkanes) is 1. The van der Waals surface area contributed by atoms with Crippen LogP contribution in [0.4, 0.5) is 0 Å². The summed E-state index contributed by atoms with van der Waals surface area (Å²) in [7, 11) is 4.21. The van der Waals surface area contributed by atoms with E-state index in [4.69, 9.17) is 0 Å². The van der Waals surface area contributed by atoms with Crippen LogP contribution in [0.1, 0.15) is 84.5 Å². The van der Waals surface area contributed by atoms with Crippen LogP contribution in [0.5, 0.6) is 0 Å². The first-order chi connectivity index (χ1) is 9.56. The van der Waals surface area contributed by atoms with Gasteiger partial charge in [0, 0.05) is 6.42 Å². The van der Waals surface area contributed by atoms with Crippen LogP contribution in [0.25, 0.3) is 0 Å². The standard InChI is InChI=1S/C18H35NO/c1-5-7-12-16(6-2)15-17(20)18(19(3)4)13-10-8-9-11-14-18/h16H,5-15H2,1-4H3. The third kappa shape index (κ3) is 4.58. The summed E-state index contributed by atoms with van der Waals surface area (Å²) in [6.45, 7) is 4.48. The number of hydrogen-bond acceptors (Lipinski definition) is 2. The van der Waals surface area contributed by atoms with Gasteiger partial charge in [-0.1, -0.05) is 65.2 Å². The summed E-state index contributed by atoms with van der Waals surface area (Å²) < 4.78 is 0. The van der Waals surface area contributed by atoms with E-state index in [0.717, 1.165) is 25.7 Å². The fourth-order valence-corrected chi connectivity index (χ4v) is 3.68. The Hall–Kier alpha value is -0.370. The lowest BCUT2D eigenvalue weighted by atomic mass is 9.79. The number of likely N-dealkylation sites (N-methyl/N-ethyl adjacent to an activating group) is 1. The van der Waals surface area contributed by atoms with Gasteiger partial charge < -0.3 is 0 Å². The molecule has 1 aliphatic carbocycles. The molecule has 0 aromatic carbocycles. The Labute approximate surface area is 126 Å². The van der Waals surface area contributed by atoms with Crippen LogP contribution >= 0.6 is 0 Å². The van der Waals surface area contributed by atoms with Crippen molar-refractivity contribution in [1.82, 2.24) is 4.90 Å². The van der Waals surface area contributed by atoms with Crippen molar-refractivity contribution in [2.45, 2.75) is 90.0 Å². The van der Waals surface area contributed by atoms with E-state index in [9.17, 15) is 4.79 Å². The molecule has 1 unspecified atom stereocenters. The largest absolute Gasteiger partial charge is 0.298 e. The van der Waals surface area contributed by atoms with Crippen molar-refractivity contribution < 1.29 is 4.79 Å². The molecule has 1 saturated carbocycles. The molecule has 20 heavy (non-hydrogen) atoms. The third-order valence-corrected chi connectivity index (χ3v) is 5.32. The number of hydrogen-bond donors (Lipinski definition) is 0. The first-order valence-corrected chi connectivity index (χ1v) is 8.77. The number of Topliss-reactive ketones (excluding diaryl/α,β-unsaturated/α-hetero) is 1. The molecule has 0 aromatic rings. The predicted octanol–water partition coefficient (Wildman–Crippen LogP) is 4.82. The summed E-state index contributed by atoms with van der Waals surface area (Å²) in [6, 6.07) is 0. The highest BCUT2D eigenvalue weighted by molar-refractivity contribution is 5.88. The second-order valence-corrected chi connectivity index (χ2v) is 6.88. The number of carbonyl (C=O) groups is 1. The summed E-state index contributed by atoms with van der Waals surface area (Å²) in [5.74, 6) is 1.12. The molecule has 0 saturated heterocycles.